The van der Waals surface area contributed by atoms with E-state index < -0.39 is 11.8 Å². The third kappa shape index (κ3) is 3.07. The molecule has 0 aliphatic carbocycles. The lowest BCUT2D eigenvalue weighted by Crippen LogP contribution is -2.05. The van der Waals surface area contributed by atoms with Crippen LogP contribution in [-0.2, 0) is 7.05 Å². The first-order valence-electron chi connectivity index (χ1n) is 9.57. The molecule has 4 aromatic rings. The average molecular weight is 409 g/mol. The monoisotopic (exact) mass is 409 g/mol. The fraction of sp³-hybridized carbons (Fsp3) is 0.217. The molecule has 7 heteroatoms. The molecule has 5 nitrogen and oxygen atoms in total. The molecule has 0 aliphatic heterocycles. The Labute approximate surface area is 172 Å². The van der Waals surface area contributed by atoms with E-state index in [-0.39, 0.29) is 17.4 Å². The second-order valence-electron chi connectivity index (χ2n) is 7.69. The fourth-order valence-corrected chi connectivity index (χ4v) is 3.93. The van der Waals surface area contributed by atoms with Crippen LogP contribution in [0.2, 0.25) is 0 Å². The Morgan fingerprint density at radius 3 is 2.43 bits per heavy atom. The number of aryl methyl sites for hydroxylation is 2. The van der Waals surface area contributed by atoms with Gasteiger partial charge in [0.25, 0.3) is 0 Å². The molecule has 0 amide bonds. The number of hydrogen-bond donors (Lipinski definition) is 1. The maximum Gasteiger partial charge on any atom is 0.354 e. The van der Waals surface area contributed by atoms with Gasteiger partial charge in [0.1, 0.15) is 17.3 Å². The Morgan fingerprint density at radius 2 is 1.83 bits per heavy atom. The SMILES string of the molecule is Cc1cc(-n2c(C(C)C)c(-c3cc(C(=O)O)n(C)n3)c3cc(F)ccc32)ccc1F. The highest BCUT2D eigenvalue weighted by Crippen LogP contribution is 2.40. The minimum atomic E-state index is -1.09. The number of aromatic carboxylic acids is 1. The number of carbonyl (C=O) groups is 1. The molecule has 0 radical (unpaired) electrons. The van der Waals surface area contributed by atoms with Crippen molar-refractivity contribution in [2.75, 3.05) is 0 Å². The van der Waals surface area contributed by atoms with Crippen LogP contribution in [0.4, 0.5) is 8.78 Å². The molecular weight excluding hydrogens is 388 g/mol. The molecule has 0 fully saturated rings. The quantitative estimate of drug-likeness (QED) is 0.488. The number of fused-ring (bicyclic) bond motifs is 1. The molecule has 2 aromatic heterocycles. The first-order valence-corrected chi connectivity index (χ1v) is 9.57. The number of hydrogen-bond acceptors (Lipinski definition) is 2. The molecule has 0 atom stereocenters. The summed E-state index contributed by atoms with van der Waals surface area (Å²) in [5, 5.41) is 14.5. The Morgan fingerprint density at radius 1 is 1.10 bits per heavy atom. The fourth-order valence-electron chi connectivity index (χ4n) is 3.93. The smallest absolute Gasteiger partial charge is 0.354 e. The van der Waals surface area contributed by atoms with Crippen molar-refractivity contribution in [3.05, 3.63) is 71.1 Å². The van der Waals surface area contributed by atoms with E-state index in [1.54, 1.807) is 32.2 Å². The molecule has 0 saturated heterocycles. The maximum absolute atomic E-state index is 14.2. The van der Waals surface area contributed by atoms with Crippen LogP contribution in [0.5, 0.6) is 0 Å². The molecule has 0 unspecified atom stereocenters. The van der Waals surface area contributed by atoms with Gasteiger partial charge < -0.3 is 9.67 Å². The molecule has 1 N–H and O–H groups in total. The van der Waals surface area contributed by atoms with Gasteiger partial charge in [0, 0.05) is 29.4 Å². The molecule has 2 aromatic carbocycles. The number of rotatable bonds is 4. The lowest BCUT2D eigenvalue weighted by Gasteiger charge is -2.15. The summed E-state index contributed by atoms with van der Waals surface area (Å²) in [6.07, 6.45) is 0. The summed E-state index contributed by atoms with van der Waals surface area (Å²) in [6, 6.07) is 10.8. The van der Waals surface area contributed by atoms with Crippen molar-refractivity contribution in [3.8, 4) is 16.9 Å². The van der Waals surface area contributed by atoms with E-state index >= 15 is 0 Å². The van der Waals surface area contributed by atoms with Crippen molar-refractivity contribution in [1.82, 2.24) is 14.3 Å². The van der Waals surface area contributed by atoms with Crippen LogP contribution < -0.4 is 0 Å². The predicted octanol–water partition coefficient (Wildman–Crippen LogP) is 5.44. The summed E-state index contributed by atoms with van der Waals surface area (Å²) in [6.45, 7) is 5.70. The number of aromatic nitrogens is 3. The van der Waals surface area contributed by atoms with E-state index in [4.69, 9.17) is 0 Å². The molecule has 2 heterocycles. The van der Waals surface area contributed by atoms with Gasteiger partial charge in [-0.15, -0.1) is 0 Å². The highest BCUT2D eigenvalue weighted by atomic mass is 19.1. The largest absolute Gasteiger partial charge is 0.477 e. The van der Waals surface area contributed by atoms with Crippen LogP contribution in [0, 0.1) is 18.6 Å². The number of nitrogens with zero attached hydrogens (tertiary/aromatic N) is 3. The topological polar surface area (TPSA) is 60.1 Å². The highest BCUT2D eigenvalue weighted by molar-refractivity contribution is 6.00. The third-order valence-electron chi connectivity index (χ3n) is 5.27. The predicted molar refractivity (Wildman–Crippen MR) is 111 cm³/mol. The molecule has 4 rings (SSSR count). The maximum atomic E-state index is 14.2. The summed E-state index contributed by atoms with van der Waals surface area (Å²) in [7, 11) is 1.56. The van der Waals surface area contributed by atoms with E-state index in [1.165, 1.54) is 28.9 Å². The minimum Gasteiger partial charge on any atom is -0.477 e. The number of halogens is 2. The number of carboxylic acids is 1. The summed E-state index contributed by atoms with van der Waals surface area (Å²) in [5.41, 5.74) is 3.99. The summed E-state index contributed by atoms with van der Waals surface area (Å²) >= 11 is 0. The van der Waals surface area contributed by atoms with Gasteiger partial charge in [-0.05, 0) is 60.9 Å². The Bertz CT molecular complexity index is 1300. The van der Waals surface area contributed by atoms with Crippen molar-refractivity contribution >= 4 is 16.9 Å². The van der Waals surface area contributed by atoms with E-state index in [1.807, 2.05) is 18.4 Å². The van der Waals surface area contributed by atoms with E-state index in [0.717, 1.165) is 16.9 Å². The van der Waals surface area contributed by atoms with Gasteiger partial charge in [-0.1, -0.05) is 13.8 Å². The summed E-state index contributed by atoms with van der Waals surface area (Å²) in [4.78, 5) is 11.5. The van der Waals surface area contributed by atoms with Crippen LogP contribution in [-0.4, -0.2) is 25.4 Å². The summed E-state index contributed by atoms with van der Waals surface area (Å²) in [5.74, 6) is -1.80. The zero-order valence-electron chi connectivity index (χ0n) is 17.1. The lowest BCUT2D eigenvalue weighted by atomic mass is 10.0. The number of carboxylic acid groups (broad SMARTS) is 1. The van der Waals surface area contributed by atoms with Gasteiger partial charge in [0.15, 0.2) is 0 Å². The van der Waals surface area contributed by atoms with E-state index in [0.29, 0.717) is 22.2 Å². The van der Waals surface area contributed by atoms with Crippen molar-refractivity contribution in [2.45, 2.75) is 26.7 Å². The van der Waals surface area contributed by atoms with Crippen molar-refractivity contribution in [1.29, 1.82) is 0 Å². The van der Waals surface area contributed by atoms with Gasteiger partial charge in [-0.2, -0.15) is 5.10 Å². The van der Waals surface area contributed by atoms with Crippen LogP contribution in [0.1, 0.15) is 41.5 Å². The molecule has 30 heavy (non-hydrogen) atoms. The average Bonchev–Trinajstić information content (AvgIpc) is 3.21. The van der Waals surface area contributed by atoms with Gasteiger partial charge in [-0.25, -0.2) is 13.6 Å². The lowest BCUT2D eigenvalue weighted by molar-refractivity contribution is 0.0685. The minimum absolute atomic E-state index is 0.00361. The molecule has 0 saturated carbocycles. The molecule has 0 spiro atoms. The third-order valence-corrected chi connectivity index (χ3v) is 5.27. The van der Waals surface area contributed by atoms with Crippen LogP contribution in [0.3, 0.4) is 0 Å². The molecule has 0 aliphatic rings. The van der Waals surface area contributed by atoms with Crippen molar-refractivity contribution in [3.63, 3.8) is 0 Å². The first kappa shape index (κ1) is 19.8. The van der Waals surface area contributed by atoms with Crippen molar-refractivity contribution < 1.29 is 18.7 Å². The normalized spacial score (nSPS) is 11.6. The Hall–Kier alpha value is -3.48. The van der Waals surface area contributed by atoms with Gasteiger partial charge in [0.2, 0.25) is 0 Å². The number of benzene rings is 2. The van der Waals surface area contributed by atoms with Gasteiger partial charge in [0.05, 0.1) is 11.2 Å². The first-order chi connectivity index (χ1) is 14.2. The van der Waals surface area contributed by atoms with Crippen molar-refractivity contribution in [2.24, 2.45) is 7.05 Å². The second-order valence-corrected chi connectivity index (χ2v) is 7.69. The van der Waals surface area contributed by atoms with Gasteiger partial charge >= 0.3 is 5.97 Å². The van der Waals surface area contributed by atoms with Crippen LogP contribution in [0.25, 0.3) is 27.8 Å². The Balaban J connectivity index is 2.14. The van der Waals surface area contributed by atoms with Gasteiger partial charge in [-0.3, -0.25) is 4.68 Å². The van der Waals surface area contributed by atoms with Crippen LogP contribution in [0.15, 0.2) is 42.5 Å². The second kappa shape index (κ2) is 7.09. The highest BCUT2D eigenvalue weighted by Gasteiger charge is 2.25. The van der Waals surface area contributed by atoms with E-state index in [2.05, 4.69) is 5.10 Å². The molecule has 0 bridgehead atoms. The molecule has 154 valence electrons. The Kier molecular flexibility index (Phi) is 4.68. The van der Waals surface area contributed by atoms with Crippen LogP contribution >= 0.6 is 0 Å². The van der Waals surface area contributed by atoms with E-state index in [9.17, 15) is 18.7 Å². The standard InChI is InChI=1S/C23H21F2N3O2/c1-12(2)22-21(18-11-20(23(29)30)27(4)26-18)16-10-14(24)5-8-19(16)28(22)15-6-7-17(25)13(3)9-15/h5-12H,1-4H3,(H,29,30). The molecular formula is C23H21F2N3O2. The summed E-state index contributed by atoms with van der Waals surface area (Å²) < 4.78 is 31.4. The zero-order chi connectivity index (χ0) is 21.7. The zero-order valence-corrected chi connectivity index (χ0v) is 17.1.